The summed E-state index contributed by atoms with van der Waals surface area (Å²) in [6, 6.07) is 4.96. The van der Waals surface area contributed by atoms with E-state index in [0.717, 1.165) is 37.8 Å². The highest BCUT2D eigenvalue weighted by Crippen LogP contribution is 2.30. The van der Waals surface area contributed by atoms with E-state index in [1.807, 2.05) is 0 Å². The van der Waals surface area contributed by atoms with Crippen LogP contribution in [0.2, 0.25) is 0 Å². The molecule has 5 heteroatoms. The molecule has 3 heterocycles. The van der Waals surface area contributed by atoms with Gasteiger partial charge in [-0.2, -0.15) is 0 Å². The minimum Gasteiger partial charge on any atom is -0.349 e. The Kier molecular flexibility index (Phi) is 4.40. The molecule has 0 amide bonds. The minimum atomic E-state index is 0.520. The van der Waals surface area contributed by atoms with E-state index in [9.17, 15) is 0 Å². The molecule has 3 rings (SSSR count). The largest absolute Gasteiger partial charge is 0.349 e. The summed E-state index contributed by atoms with van der Waals surface area (Å²) in [6.07, 6.45) is 7.51. The number of aromatic nitrogens is 3. The van der Waals surface area contributed by atoms with Crippen LogP contribution >= 0.6 is 11.8 Å². The predicted octanol–water partition coefficient (Wildman–Crippen LogP) is 3.39. The van der Waals surface area contributed by atoms with Gasteiger partial charge in [-0.1, -0.05) is 18.7 Å². The predicted molar refractivity (Wildman–Crippen MR) is 87.6 cm³/mol. The minimum absolute atomic E-state index is 0.520. The van der Waals surface area contributed by atoms with E-state index < -0.39 is 0 Å². The summed E-state index contributed by atoms with van der Waals surface area (Å²) in [4.78, 5) is 7.15. The Labute approximate surface area is 131 Å². The Morgan fingerprint density at radius 2 is 2.19 bits per heavy atom. The fourth-order valence-electron chi connectivity index (χ4n) is 3.40. The zero-order chi connectivity index (χ0) is 14.8. The number of imidazole rings is 1. The third-order valence-electron chi connectivity index (χ3n) is 4.43. The lowest BCUT2D eigenvalue weighted by Crippen LogP contribution is -2.37. The first-order chi connectivity index (χ1) is 10.3. The second kappa shape index (κ2) is 6.28. The summed E-state index contributed by atoms with van der Waals surface area (Å²) in [5, 5.41) is 1.13. The Bertz CT molecular complexity index is 601. The topological polar surface area (TPSA) is 26.0 Å². The average Bonchev–Trinajstić information content (AvgIpc) is 3.12. The van der Waals surface area contributed by atoms with E-state index in [-0.39, 0.29) is 0 Å². The normalized spacial score (nSPS) is 18.9. The summed E-state index contributed by atoms with van der Waals surface area (Å²) >= 11 is 1.73. The summed E-state index contributed by atoms with van der Waals surface area (Å²) in [6.45, 7) is 8.67. The van der Waals surface area contributed by atoms with E-state index in [1.54, 1.807) is 11.8 Å². The van der Waals surface area contributed by atoms with Crippen molar-refractivity contribution in [3.8, 4) is 0 Å². The molecule has 2 aromatic heterocycles. The number of fused-ring (bicyclic) bond motifs is 1. The highest BCUT2D eigenvalue weighted by molar-refractivity contribution is 7.98. The van der Waals surface area contributed by atoms with E-state index >= 15 is 0 Å². The quantitative estimate of drug-likeness (QED) is 0.792. The highest BCUT2D eigenvalue weighted by Gasteiger charge is 2.26. The molecule has 1 aliphatic rings. The first kappa shape index (κ1) is 14.7. The van der Waals surface area contributed by atoms with E-state index in [2.05, 4.69) is 63.6 Å². The van der Waals surface area contributed by atoms with Crippen LogP contribution < -0.4 is 0 Å². The van der Waals surface area contributed by atoms with Gasteiger partial charge in [0.05, 0.1) is 17.9 Å². The van der Waals surface area contributed by atoms with Crippen molar-refractivity contribution in [2.75, 3.05) is 12.8 Å². The van der Waals surface area contributed by atoms with Gasteiger partial charge < -0.3 is 9.13 Å². The molecular weight excluding hydrogens is 280 g/mol. The van der Waals surface area contributed by atoms with Gasteiger partial charge in [0.2, 0.25) is 0 Å². The van der Waals surface area contributed by atoms with Crippen LogP contribution in [-0.4, -0.2) is 31.8 Å². The van der Waals surface area contributed by atoms with Crippen LogP contribution in [0, 0.1) is 0 Å². The number of hydrogen-bond donors (Lipinski definition) is 0. The summed E-state index contributed by atoms with van der Waals surface area (Å²) in [7, 11) is 0. The lowest BCUT2D eigenvalue weighted by molar-refractivity contribution is 0.140. The number of thioether (sulfide) groups is 1. The van der Waals surface area contributed by atoms with Crippen molar-refractivity contribution in [2.45, 2.75) is 51.1 Å². The van der Waals surface area contributed by atoms with Crippen molar-refractivity contribution in [2.24, 2.45) is 0 Å². The molecule has 0 saturated heterocycles. The SMILES string of the molecule is CC[C@H]1c2cccn2CCN1Cc1cnc(SC)n1CC. The standard InChI is InChI=1S/C16H24N4S/c1-4-14-15-7-6-8-18(15)9-10-19(14)12-13-11-17-16(21-3)20(13)5-2/h6-8,11,14H,4-5,9-10,12H2,1-3H3/t14-/m0/s1. The average molecular weight is 304 g/mol. The molecule has 114 valence electrons. The first-order valence-corrected chi connectivity index (χ1v) is 8.98. The highest BCUT2D eigenvalue weighted by atomic mass is 32.2. The molecule has 2 aromatic rings. The molecule has 0 aromatic carbocycles. The van der Waals surface area contributed by atoms with Gasteiger partial charge in [-0.15, -0.1) is 0 Å². The van der Waals surface area contributed by atoms with E-state index in [4.69, 9.17) is 0 Å². The van der Waals surface area contributed by atoms with Crippen molar-refractivity contribution < 1.29 is 0 Å². The zero-order valence-corrected chi connectivity index (χ0v) is 13.9. The Morgan fingerprint density at radius 1 is 1.33 bits per heavy atom. The molecule has 0 spiro atoms. The second-order valence-corrected chi connectivity index (χ2v) is 6.27. The molecular formula is C16H24N4S. The van der Waals surface area contributed by atoms with Crippen LogP contribution in [0.4, 0.5) is 0 Å². The Hall–Kier alpha value is -1.20. The van der Waals surface area contributed by atoms with Crippen LogP contribution in [0.3, 0.4) is 0 Å². The lowest BCUT2D eigenvalue weighted by Gasteiger charge is -2.36. The molecule has 1 atom stereocenters. The lowest BCUT2D eigenvalue weighted by atomic mass is 10.1. The van der Waals surface area contributed by atoms with Crippen LogP contribution in [0.5, 0.6) is 0 Å². The van der Waals surface area contributed by atoms with Gasteiger partial charge in [0.25, 0.3) is 0 Å². The maximum absolute atomic E-state index is 4.55. The molecule has 0 bridgehead atoms. The molecule has 0 saturated carbocycles. The van der Waals surface area contributed by atoms with Crippen LogP contribution in [0.25, 0.3) is 0 Å². The monoisotopic (exact) mass is 304 g/mol. The molecule has 0 radical (unpaired) electrons. The van der Waals surface area contributed by atoms with Crippen molar-refractivity contribution >= 4 is 11.8 Å². The van der Waals surface area contributed by atoms with Crippen molar-refractivity contribution in [3.05, 3.63) is 35.9 Å². The summed E-state index contributed by atoms with van der Waals surface area (Å²) in [5.74, 6) is 0. The third kappa shape index (κ3) is 2.64. The van der Waals surface area contributed by atoms with Crippen molar-refractivity contribution in [1.82, 2.24) is 19.0 Å². The van der Waals surface area contributed by atoms with Gasteiger partial charge in [0.15, 0.2) is 5.16 Å². The van der Waals surface area contributed by atoms with Gasteiger partial charge in [-0.3, -0.25) is 4.90 Å². The summed E-state index contributed by atoms with van der Waals surface area (Å²) in [5.41, 5.74) is 2.79. The van der Waals surface area contributed by atoms with Gasteiger partial charge in [-0.05, 0) is 31.7 Å². The molecule has 21 heavy (non-hydrogen) atoms. The number of hydrogen-bond acceptors (Lipinski definition) is 3. The van der Waals surface area contributed by atoms with Crippen molar-refractivity contribution in [3.63, 3.8) is 0 Å². The molecule has 0 fully saturated rings. The molecule has 4 nitrogen and oxygen atoms in total. The maximum Gasteiger partial charge on any atom is 0.167 e. The van der Waals surface area contributed by atoms with Crippen LogP contribution in [-0.2, 0) is 19.6 Å². The van der Waals surface area contributed by atoms with Crippen molar-refractivity contribution in [1.29, 1.82) is 0 Å². The van der Waals surface area contributed by atoms with Crippen LogP contribution in [0.1, 0.15) is 37.7 Å². The number of nitrogens with zero attached hydrogens (tertiary/aromatic N) is 4. The molecule has 0 unspecified atom stereocenters. The van der Waals surface area contributed by atoms with Gasteiger partial charge in [0, 0.05) is 38.1 Å². The zero-order valence-electron chi connectivity index (χ0n) is 13.1. The molecule has 0 N–H and O–H groups in total. The molecule has 1 aliphatic heterocycles. The Balaban J connectivity index is 1.83. The van der Waals surface area contributed by atoms with E-state index in [1.165, 1.54) is 11.4 Å². The number of rotatable bonds is 5. The van der Waals surface area contributed by atoms with Crippen LogP contribution in [0.15, 0.2) is 29.7 Å². The fourth-order valence-corrected chi connectivity index (χ4v) is 4.02. The smallest absolute Gasteiger partial charge is 0.167 e. The third-order valence-corrected chi connectivity index (χ3v) is 5.12. The Morgan fingerprint density at radius 3 is 2.90 bits per heavy atom. The maximum atomic E-state index is 4.55. The summed E-state index contributed by atoms with van der Waals surface area (Å²) < 4.78 is 4.74. The second-order valence-electron chi connectivity index (χ2n) is 5.50. The van der Waals surface area contributed by atoms with Gasteiger partial charge >= 0.3 is 0 Å². The first-order valence-electron chi connectivity index (χ1n) is 7.76. The van der Waals surface area contributed by atoms with E-state index in [0.29, 0.717) is 6.04 Å². The molecule has 0 aliphatic carbocycles. The van der Waals surface area contributed by atoms with Gasteiger partial charge in [-0.25, -0.2) is 4.98 Å². The van der Waals surface area contributed by atoms with Gasteiger partial charge in [0.1, 0.15) is 0 Å². The fraction of sp³-hybridized carbons (Fsp3) is 0.562.